The molecule has 0 aliphatic rings. The number of thiazole rings is 1. The summed E-state index contributed by atoms with van der Waals surface area (Å²) >= 11 is 1.46. The first-order valence-corrected chi connectivity index (χ1v) is 11.5. The number of carbonyl (C=O) groups excluding carboxylic acids is 2. The molecule has 0 spiro atoms. The van der Waals surface area contributed by atoms with Crippen LogP contribution in [-0.4, -0.2) is 45.6 Å². The van der Waals surface area contributed by atoms with Gasteiger partial charge in [-0.05, 0) is 51.7 Å². The van der Waals surface area contributed by atoms with Gasteiger partial charge in [0.2, 0.25) is 0 Å². The number of hydrogen-bond donors (Lipinski definition) is 1. The van der Waals surface area contributed by atoms with E-state index < -0.39 is 5.60 Å². The van der Waals surface area contributed by atoms with E-state index in [9.17, 15) is 9.59 Å². The number of pyridine rings is 1. The van der Waals surface area contributed by atoms with Crippen molar-refractivity contribution in [2.45, 2.75) is 66.5 Å². The lowest BCUT2D eigenvalue weighted by molar-refractivity contribution is 0.0232. The van der Waals surface area contributed by atoms with Crippen LogP contribution in [0.1, 0.15) is 67.0 Å². The smallest absolute Gasteiger partial charge is 0.410 e. The second-order valence-electron chi connectivity index (χ2n) is 8.99. The lowest BCUT2D eigenvalue weighted by atomic mass is 10.1. The minimum atomic E-state index is -0.574. The second-order valence-corrected chi connectivity index (χ2v) is 10.1. The first kappa shape index (κ1) is 24.8. The Morgan fingerprint density at radius 2 is 2.03 bits per heavy atom. The third-order valence-corrected chi connectivity index (χ3v) is 5.45. The van der Waals surface area contributed by atoms with E-state index in [-0.39, 0.29) is 12.0 Å². The van der Waals surface area contributed by atoms with Crippen LogP contribution in [0, 0.1) is 12.8 Å². The summed E-state index contributed by atoms with van der Waals surface area (Å²) in [6.45, 7) is 13.0. The SMILES string of the molecule is Cc1nc(CC(C)C)sc1C(=O)NCCCN(Cc1cccnc1)C(=O)OC(C)(C)C. The molecule has 0 saturated carbocycles. The van der Waals surface area contributed by atoms with Gasteiger partial charge in [-0.1, -0.05) is 19.9 Å². The van der Waals surface area contributed by atoms with E-state index in [0.717, 1.165) is 22.7 Å². The van der Waals surface area contributed by atoms with Crippen molar-refractivity contribution in [2.75, 3.05) is 13.1 Å². The molecule has 0 aliphatic carbocycles. The number of nitrogens with zero attached hydrogens (tertiary/aromatic N) is 3. The number of rotatable bonds is 9. The van der Waals surface area contributed by atoms with E-state index in [1.165, 1.54) is 11.3 Å². The van der Waals surface area contributed by atoms with Crippen LogP contribution < -0.4 is 5.32 Å². The maximum absolute atomic E-state index is 12.6. The van der Waals surface area contributed by atoms with Crippen molar-refractivity contribution in [3.8, 4) is 0 Å². The molecule has 2 amide bonds. The van der Waals surface area contributed by atoms with E-state index in [1.807, 2.05) is 39.8 Å². The molecular weight excluding hydrogens is 412 g/mol. The van der Waals surface area contributed by atoms with Gasteiger partial charge in [0.05, 0.1) is 17.2 Å². The monoisotopic (exact) mass is 446 g/mol. The number of hydrogen-bond acceptors (Lipinski definition) is 6. The highest BCUT2D eigenvalue weighted by Gasteiger charge is 2.22. The number of aryl methyl sites for hydroxylation is 1. The maximum atomic E-state index is 12.6. The van der Waals surface area contributed by atoms with Crippen LogP contribution in [0.2, 0.25) is 0 Å². The van der Waals surface area contributed by atoms with Crippen molar-refractivity contribution in [3.05, 3.63) is 45.7 Å². The molecule has 0 bridgehead atoms. The fourth-order valence-electron chi connectivity index (χ4n) is 2.93. The summed E-state index contributed by atoms with van der Waals surface area (Å²) in [6.07, 6.45) is 4.55. The molecule has 7 nitrogen and oxygen atoms in total. The third-order valence-electron chi connectivity index (χ3n) is 4.27. The average Bonchev–Trinajstić information content (AvgIpc) is 3.02. The molecule has 1 N–H and O–H groups in total. The highest BCUT2D eigenvalue weighted by Crippen LogP contribution is 2.20. The van der Waals surface area contributed by atoms with Crippen molar-refractivity contribution in [2.24, 2.45) is 5.92 Å². The summed E-state index contributed by atoms with van der Waals surface area (Å²) in [6, 6.07) is 3.77. The van der Waals surface area contributed by atoms with E-state index in [1.54, 1.807) is 17.3 Å². The van der Waals surface area contributed by atoms with E-state index in [4.69, 9.17) is 4.74 Å². The normalized spacial score (nSPS) is 11.5. The first-order chi connectivity index (χ1) is 14.5. The largest absolute Gasteiger partial charge is 0.444 e. The standard InChI is InChI=1S/C23H34N4O3S/c1-16(2)13-19-26-17(3)20(31-19)21(28)25-11-8-12-27(22(29)30-23(4,5)6)15-18-9-7-10-24-14-18/h7,9-10,14,16H,8,11-13,15H2,1-6H3,(H,25,28). The Labute approximate surface area is 189 Å². The zero-order chi connectivity index (χ0) is 23.0. The molecule has 2 aromatic heterocycles. The Bertz CT molecular complexity index is 859. The number of ether oxygens (including phenoxy) is 1. The lowest BCUT2D eigenvalue weighted by Gasteiger charge is -2.27. The molecule has 8 heteroatoms. The van der Waals surface area contributed by atoms with E-state index in [2.05, 4.69) is 29.1 Å². The van der Waals surface area contributed by atoms with Crippen LogP contribution in [-0.2, 0) is 17.7 Å². The number of aromatic nitrogens is 2. The minimum absolute atomic E-state index is 0.110. The second kappa shape index (κ2) is 11.2. The van der Waals surface area contributed by atoms with Gasteiger partial charge in [-0.2, -0.15) is 0 Å². The lowest BCUT2D eigenvalue weighted by Crippen LogP contribution is -2.38. The zero-order valence-corrected chi connectivity index (χ0v) is 20.2. The Balaban J connectivity index is 1.91. The van der Waals surface area contributed by atoms with Gasteiger partial charge < -0.3 is 15.0 Å². The summed E-state index contributed by atoms with van der Waals surface area (Å²) in [5.41, 5.74) is 1.12. The van der Waals surface area contributed by atoms with E-state index in [0.29, 0.717) is 36.9 Å². The van der Waals surface area contributed by atoms with Gasteiger partial charge in [-0.3, -0.25) is 9.78 Å². The molecular formula is C23H34N4O3S. The molecule has 0 radical (unpaired) electrons. The van der Waals surface area contributed by atoms with Gasteiger partial charge in [0.1, 0.15) is 10.5 Å². The third kappa shape index (κ3) is 8.65. The predicted molar refractivity (Wildman–Crippen MR) is 123 cm³/mol. The van der Waals surface area contributed by atoms with Gasteiger partial charge in [-0.25, -0.2) is 9.78 Å². The molecule has 170 valence electrons. The Morgan fingerprint density at radius 1 is 1.29 bits per heavy atom. The fourth-order valence-corrected chi connectivity index (χ4v) is 4.12. The minimum Gasteiger partial charge on any atom is -0.444 e. The summed E-state index contributed by atoms with van der Waals surface area (Å²) in [7, 11) is 0. The van der Waals surface area contributed by atoms with Crippen molar-refractivity contribution in [1.29, 1.82) is 0 Å². The summed E-state index contributed by atoms with van der Waals surface area (Å²) < 4.78 is 5.54. The molecule has 2 rings (SSSR count). The van der Waals surface area contributed by atoms with Gasteiger partial charge in [-0.15, -0.1) is 11.3 Å². The van der Waals surface area contributed by atoms with Crippen LogP contribution in [0.25, 0.3) is 0 Å². The number of carbonyl (C=O) groups is 2. The quantitative estimate of drug-likeness (QED) is 0.569. The Morgan fingerprint density at radius 3 is 2.65 bits per heavy atom. The van der Waals surface area contributed by atoms with Crippen LogP contribution in [0.3, 0.4) is 0 Å². The summed E-state index contributed by atoms with van der Waals surface area (Å²) in [5.74, 6) is 0.390. The highest BCUT2D eigenvalue weighted by atomic mass is 32.1. The fraction of sp³-hybridized carbons (Fsp3) is 0.565. The molecule has 2 heterocycles. The number of amides is 2. The van der Waals surface area contributed by atoms with Gasteiger partial charge in [0, 0.05) is 31.9 Å². The highest BCUT2D eigenvalue weighted by molar-refractivity contribution is 7.13. The predicted octanol–water partition coefficient (Wildman–Crippen LogP) is 4.60. The maximum Gasteiger partial charge on any atom is 0.410 e. The van der Waals surface area contributed by atoms with Gasteiger partial charge in [0.25, 0.3) is 5.91 Å². The molecule has 2 aromatic rings. The van der Waals surface area contributed by atoms with Crippen LogP contribution >= 0.6 is 11.3 Å². The van der Waals surface area contributed by atoms with Crippen molar-refractivity contribution in [1.82, 2.24) is 20.2 Å². The Hall–Kier alpha value is -2.48. The molecule has 0 atom stereocenters. The summed E-state index contributed by atoms with van der Waals surface area (Å²) in [5, 5.41) is 3.94. The topological polar surface area (TPSA) is 84.4 Å². The van der Waals surface area contributed by atoms with Crippen LogP contribution in [0.15, 0.2) is 24.5 Å². The zero-order valence-electron chi connectivity index (χ0n) is 19.4. The van der Waals surface area contributed by atoms with Crippen molar-refractivity contribution in [3.63, 3.8) is 0 Å². The van der Waals surface area contributed by atoms with Gasteiger partial charge >= 0.3 is 6.09 Å². The van der Waals surface area contributed by atoms with Crippen LogP contribution in [0.4, 0.5) is 4.79 Å². The van der Waals surface area contributed by atoms with Crippen molar-refractivity contribution >= 4 is 23.3 Å². The molecule has 31 heavy (non-hydrogen) atoms. The summed E-state index contributed by atoms with van der Waals surface area (Å²) in [4.78, 5) is 36.1. The van der Waals surface area contributed by atoms with E-state index >= 15 is 0 Å². The Kier molecular flexibility index (Phi) is 8.98. The average molecular weight is 447 g/mol. The molecule has 0 aliphatic heterocycles. The van der Waals surface area contributed by atoms with Gasteiger partial charge in [0.15, 0.2) is 0 Å². The van der Waals surface area contributed by atoms with Crippen molar-refractivity contribution < 1.29 is 14.3 Å². The first-order valence-electron chi connectivity index (χ1n) is 10.7. The molecule has 0 saturated heterocycles. The molecule has 0 aromatic carbocycles. The molecule has 0 fully saturated rings. The number of nitrogens with one attached hydrogen (secondary N) is 1. The molecule has 0 unspecified atom stereocenters. The van der Waals surface area contributed by atoms with Crippen LogP contribution in [0.5, 0.6) is 0 Å².